The molecule has 0 aliphatic carbocycles. The average molecular weight is 252 g/mol. The first-order chi connectivity index (χ1) is 8.26. The Bertz CT molecular complexity index is 288. The third kappa shape index (κ3) is 4.52. The standard InChI is InChI=1S/C14H24O2Si/c1-4-17(5-2,6-3)16-13-12-15-14-10-8-7-9-11-14/h7-11H,4-6,12-13H2,1-3H3. The van der Waals surface area contributed by atoms with Gasteiger partial charge in [0.1, 0.15) is 12.4 Å². The smallest absolute Gasteiger partial charge is 0.192 e. The Morgan fingerprint density at radius 3 is 2.00 bits per heavy atom. The Balaban J connectivity index is 2.28. The Labute approximate surface area is 106 Å². The summed E-state index contributed by atoms with van der Waals surface area (Å²) in [6, 6.07) is 13.5. The number of para-hydroxylation sites is 1. The number of hydrogen-bond acceptors (Lipinski definition) is 2. The maximum atomic E-state index is 6.11. The van der Waals surface area contributed by atoms with Gasteiger partial charge in [-0.3, -0.25) is 0 Å². The Morgan fingerprint density at radius 2 is 1.47 bits per heavy atom. The van der Waals surface area contributed by atoms with Gasteiger partial charge < -0.3 is 9.16 Å². The quantitative estimate of drug-likeness (QED) is 0.512. The summed E-state index contributed by atoms with van der Waals surface area (Å²) in [4.78, 5) is 0. The highest BCUT2D eigenvalue weighted by Crippen LogP contribution is 2.21. The molecule has 96 valence electrons. The molecule has 0 saturated heterocycles. The summed E-state index contributed by atoms with van der Waals surface area (Å²) < 4.78 is 11.7. The maximum absolute atomic E-state index is 6.11. The van der Waals surface area contributed by atoms with Crippen molar-refractivity contribution in [3.05, 3.63) is 30.3 Å². The van der Waals surface area contributed by atoms with Gasteiger partial charge >= 0.3 is 0 Å². The van der Waals surface area contributed by atoms with E-state index in [4.69, 9.17) is 9.16 Å². The van der Waals surface area contributed by atoms with Crippen LogP contribution < -0.4 is 4.74 Å². The van der Waals surface area contributed by atoms with Crippen LogP contribution in [0, 0.1) is 0 Å². The van der Waals surface area contributed by atoms with E-state index in [0.717, 1.165) is 12.4 Å². The normalized spacial score (nSPS) is 11.5. The Kier molecular flexibility index (Phi) is 6.30. The minimum atomic E-state index is -1.44. The Morgan fingerprint density at radius 1 is 0.882 bits per heavy atom. The second-order valence-electron chi connectivity index (χ2n) is 4.25. The molecule has 0 fully saturated rings. The van der Waals surface area contributed by atoms with Crippen molar-refractivity contribution in [1.82, 2.24) is 0 Å². The molecule has 0 saturated carbocycles. The summed E-state index contributed by atoms with van der Waals surface area (Å²) >= 11 is 0. The fourth-order valence-corrected chi connectivity index (χ4v) is 4.62. The molecule has 0 aliphatic rings. The molecule has 0 heterocycles. The first kappa shape index (κ1) is 14.3. The van der Waals surface area contributed by atoms with Gasteiger partial charge in [0.05, 0.1) is 6.61 Å². The van der Waals surface area contributed by atoms with Crippen molar-refractivity contribution < 1.29 is 9.16 Å². The van der Waals surface area contributed by atoms with E-state index in [1.54, 1.807) is 0 Å². The summed E-state index contributed by atoms with van der Waals surface area (Å²) in [5, 5.41) is 0. The highest BCUT2D eigenvalue weighted by Gasteiger charge is 2.28. The third-order valence-electron chi connectivity index (χ3n) is 3.44. The van der Waals surface area contributed by atoms with E-state index < -0.39 is 8.32 Å². The summed E-state index contributed by atoms with van der Waals surface area (Å²) in [5.74, 6) is 0.924. The van der Waals surface area contributed by atoms with E-state index in [9.17, 15) is 0 Å². The molecule has 1 aromatic rings. The minimum absolute atomic E-state index is 0.652. The lowest BCUT2D eigenvalue weighted by molar-refractivity contribution is 0.207. The van der Waals surface area contributed by atoms with Crippen molar-refractivity contribution in [2.24, 2.45) is 0 Å². The number of hydrogen-bond donors (Lipinski definition) is 0. The first-order valence-electron chi connectivity index (χ1n) is 6.58. The molecule has 0 radical (unpaired) electrons. The average Bonchev–Trinajstić information content (AvgIpc) is 2.41. The fraction of sp³-hybridized carbons (Fsp3) is 0.571. The predicted octanol–water partition coefficient (Wildman–Crippen LogP) is 4.09. The van der Waals surface area contributed by atoms with Gasteiger partial charge in [-0.15, -0.1) is 0 Å². The van der Waals surface area contributed by atoms with Crippen molar-refractivity contribution in [3.8, 4) is 5.75 Å². The van der Waals surface area contributed by atoms with Gasteiger partial charge in [-0.05, 0) is 30.3 Å². The molecule has 0 atom stereocenters. The van der Waals surface area contributed by atoms with E-state index >= 15 is 0 Å². The van der Waals surface area contributed by atoms with Crippen molar-refractivity contribution in [2.75, 3.05) is 13.2 Å². The van der Waals surface area contributed by atoms with Crippen LogP contribution in [0.5, 0.6) is 5.75 Å². The zero-order valence-electron chi connectivity index (χ0n) is 11.2. The highest BCUT2D eigenvalue weighted by molar-refractivity contribution is 6.73. The summed E-state index contributed by atoms with van der Waals surface area (Å²) in [6.45, 7) is 8.11. The fourth-order valence-electron chi connectivity index (χ4n) is 1.99. The van der Waals surface area contributed by atoms with Crippen LogP contribution in [0.2, 0.25) is 18.1 Å². The lowest BCUT2D eigenvalue weighted by Crippen LogP contribution is -2.37. The molecule has 17 heavy (non-hydrogen) atoms. The minimum Gasteiger partial charge on any atom is -0.491 e. The third-order valence-corrected chi connectivity index (χ3v) is 8.12. The summed E-state index contributed by atoms with van der Waals surface area (Å²) in [5.41, 5.74) is 0. The van der Waals surface area contributed by atoms with Crippen molar-refractivity contribution in [2.45, 2.75) is 38.9 Å². The van der Waals surface area contributed by atoms with Crippen LogP contribution in [0.25, 0.3) is 0 Å². The molecular weight excluding hydrogens is 228 g/mol. The molecule has 0 unspecified atom stereocenters. The van der Waals surface area contributed by atoms with Crippen LogP contribution in [0.15, 0.2) is 30.3 Å². The Hall–Kier alpha value is -0.803. The highest BCUT2D eigenvalue weighted by atomic mass is 28.4. The molecule has 1 rings (SSSR count). The molecule has 0 bridgehead atoms. The lowest BCUT2D eigenvalue weighted by Gasteiger charge is -2.27. The van der Waals surface area contributed by atoms with E-state index in [2.05, 4.69) is 20.8 Å². The van der Waals surface area contributed by atoms with E-state index in [-0.39, 0.29) is 0 Å². The van der Waals surface area contributed by atoms with Crippen LogP contribution >= 0.6 is 0 Å². The largest absolute Gasteiger partial charge is 0.491 e. The first-order valence-corrected chi connectivity index (χ1v) is 9.11. The van der Waals surface area contributed by atoms with Gasteiger partial charge in [-0.25, -0.2) is 0 Å². The van der Waals surface area contributed by atoms with Crippen LogP contribution in [-0.2, 0) is 4.43 Å². The molecule has 0 N–H and O–H groups in total. The van der Waals surface area contributed by atoms with E-state index in [1.807, 2.05) is 30.3 Å². The lowest BCUT2D eigenvalue weighted by atomic mass is 10.3. The van der Waals surface area contributed by atoms with Crippen molar-refractivity contribution >= 4 is 8.32 Å². The number of benzene rings is 1. The molecule has 0 aliphatic heterocycles. The van der Waals surface area contributed by atoms with E-state index in [0.29, 0.717) is 6.61 Å². The molecule has 2 nitrogen and oxygen atoms in total. The van der Waals surface area contributed by atoms with Gasteiger partial charge in [-0.1, -0.05) is 39.0 Å². The number of ether oxygens (including phenoxy) is 1. The summed E-state index contributed by atoms with van der Waals surface area (Å²) in [7, 11) is -1.44. The second kappa shape index (κ2) is 7.51. The molecule has 0 spiro atoms. The van der Waals surface area contributed by atoms with Gasteiger partial charge in [0, 0.05) is 0 Å². The zero-order chi connectivity index (χ0) is 12.6. The SMILES string of the molecule is CC[Si](CC)(CC)OCCOc1ccccc1. The zero-order valence-corrected chi connectivity index (χ0v) is 12.2. The van der Waals surface area contributed by atoms with Crippen LogP contribution in [0.1, 0.15) is 20.8 Å². The molecule has 0 aromatic heterocycles. The monoisotopic (exact) mass is 252 g/mol. The van der Waals surface area contributed by atoms with Crippen molar-refractivity contribution in [3.63, 3.8) is 0 Å². The van der Waals surface area contributed by atoms with Gasteiger partial charge in [-0.2, -0.15) is 0 Å². The van der Waals surface area contributed by atoms with Gasteiger partial charge in [0.2, 0.25) is 0 Å². The van der Waals surface area contributed by atoms with E-state index in [1.165, 1.54) is 18.1 Å². The van der Waals surface area contributed by atoms with Crippen LogP contribution in [0.4, 0.5) is 0 Å². The maximum Gasteiger partial charge on any atom is 0.192 e. The van der Waals surface area contributed by atoms with Crippen LogP contribution in [0.3, 0.4) is 0 Å². The molecular formula is C14H24O2Si. The molecule has 3 heteroatoms. The predicted molar refractivity (Wildman–Crippen MR) is 75.1 cm³/mol. The van der Waals surface area contributed by atoms with Gasteiger partial charge in [0.25, 0.3) is 0 Å². The summed E-state index contributed by atoms with van der Waals surface area (Å²) in [6.07, 6.45) is 0. The second-order valence-corrected chi connectivity index (χ2v) is 9.03. The molecule has 1 aromatic carbocycles. The van der Waals surface area contributed by atoms with Crippen molar-refractivity contribution in [1.29, 1.82) is 0 Å². The van der Waals surface area contributed by atoms with Crippen LogP contribution in [-0.4, -0.2) is 21.5 Å². The van der Waals surface area contributed by atoms with Gasteiger partial charge in [0.15, 0.2) is 8.32 Å². The molecule has 0 amide bonds. The topological polar surface area (TPSA) is 18.5 Å². The number of rotatable bonds is 8.